The third-order valence-electron chi connectivity index (χ3n) is 5.65. The first kappa shape index (κ1) is 20.1. The second-order valence-electron chi connectivity index (χ2n) is 7.91. The molecular formula is C23H27N5O2. The van der Waals surface area contributed by atoms with E-state index in [0.29, 0.717) is 19.6 Å². The maximum Gasteiger partial charge on any atom is 0.237 e. The molecule has 2 N–H and O–H groups in total. The van der Waals surface area contributed by atoms with Crippen molar-refractivity contribution in [3.05, 3.63) is 65.5 Å². The molecule has 1 aromatic heterocycles. The lowest BCUT2D eigenvalue weighted by Crippen LogP contribution is -2.56. The largest absolute Gasteiger partial charge is 0.353 e. The number of hydrogen-bond donors (Lipinski definition) is 2. The van der Waals surface area contributed by atoms with Crippen molar-refractivity contribution in [3.8, 4) is 0 Å². The minimum Gasteiger partial charge on any atom is -0.353 e. The topological polar surface area (TPSA) is 81.3 Å². The van der Waals surface area contributed by atoms with Gasteiger partial charge in [-0.05, 0) is 29.3 Å². The van der Waals surface area contributed by atoms with Crippen molar-refractivity contribution in [2.24, 2.45) is 0 Å². The summed E-state index contributed by atoms with van der Waals surface area (Å²) in [4.78, 5) is 29.2. The predicted octanol–water partition coefficient (Wildman–Crippen LogP) is 2.22. The van der Waals surface area contributed by atoms with Crippen molar-refractivity contribution >= 4 is 22.6 Å². The van der Waals surface area contributed by atoms with E-state index in [2.05, 4.69) is 44.7 Å². The number of aromatic nitrogens is 2. The number of nitrogens with zero attached hydrogens (tertiary/aromatic N) is 3. The number of fused-ring (bicyclic) bond motifs is 1. The van der Waals surface area contributed by atoms with E-state index in [1.165, 1.54) is 16.3 Å². The summed E-state index contributed by atoms with van der Waals surface area (Å²) in [6.45, 7) is 4.29. The molecule has 3 aromatic rings. The van der Waals surface area contributed by atoms with Gasteiger partial charge in [0, 0.05) is 32.4 Å². The van der Waals surface area contributed by atoms with Gasteiger partial charge in [-0.3, -0.25) is 19.6 Å². The molecule has 1 atom stereocenters. The number of H-pyrrole nitrogens is 1. The Kier molecular flexibility index (Phi) is 5.81. The number of aryl methyl sites for hydroxylation is 1. The lowest BCUT2D eigenvalue weighted by molar-refractivity contribution is -0.138. The standard InChI is InChI=1S/C23H27N5O2/c1-16-12-19(26-25-16)15-27(2)22(29)13-21-23(30)24-10-11-28(21)14-18-8-5-7-17-6-3-4-9-20(17)18/h3-9,12,21H,10-11,13-15H2,1-2H3,(H,24,30)(H,25,26). The van der Waals surface area contributed by atoms with Crippen molar-refractivity contribution in [2.75, 3.05) is 20.1 Å². The molecule has 1 unspecified atom stereocenters. The molecule has 4 rings (SSSR count). The Morgan fingerprint density at radius 1 is 1.23 bits per heavy atom. The van der Waals surface area contributed by atoms with Gasteiger partial charge in [-0.1, -0.05) is 42.5 Å². The minimum absolute atomic E-state index is 0.0689. The SMILES string of the molecule is Cc1cc(CN(C)C(=O)CC2C(=O)NCCN2Cc2cccc3ccccc23)n[nH]1. The van der Waals surface area contributed by atoms with Crippen LogP contribution in [0.1, 0.15) is 23.4 Å². The Bertz CT molecular complexity index is 1060. The van der Waals surface area contributed by atoms with Crippen LogP contribution in [-0.2, 0) is 22.7 Å². The zero-order chi connectivity index (χ0) is 21.1. The predicted molar refractivity (Wildman–Crippen MR) is 116 cm³/mol. The van der Waals surface area contributed by atoms with E-state index in [1.807, 2.05) is 31.2 Å². The fraction of sp³-hybridized carbons (Fsp3) is 0.348. The first-order chi connectivity index (χ1) is 14.5. The van der Waals surface area contributed by atoms with Crippen molar-refractivity contribution in [1.82, 2.24) is 25.3 Å². The van der Waals surface area contributed by atoms with Crippen LogP contribution in [0.5, 0.6) is 0 Å². The average Bonchev–Trinajstić information content (AvgIpc) is 3.15. The molecule has 7 heteroatoms. The molecule has 1 fully saturated rings. The van der Waals surface area contributed by atoms with Crippen LogP contribution in [0.2, 0.25) is 0 Å². The van der Waals surface area contributed by atoms with Crippen LogP contribution in [0.15, 0.2) is 48.5 Å². The van der Waals surface area contributed by atoms with Gasteiger partial charge in [-0.25, -0.2) is 0 Å². The molecule has 30 heavy (non-hydrogen) atoms. The van der Waals surface area contributed by atoms with Crippen LogP contribution in [0.25, 0.3) is 10.8 Å². The smallest absolute Gasteiger partial charge is 0.237 e. The number of amides is 2. The van der Waals surface area contributed by atoms with Gasteiger partial charge < -0.3 is 10.2 Å². The third kappa shape index (κ3) is 4.36. The summed E-state index contributed by atoms with van der Waals surface area (Å²) in [7, 11) is 1.75. The monoisotopic (exact) mass is 405 g/mol. The van der Waals surface area contributed by atoms with Gasteiger partial charge in [0.25, 0.3) is 0 Å². The van der Waals surface area contributed by atoms with Crippen molar-refractivity contribution < 1.29 is 9.59 Å². The molecule has 0 aliphatic carbocycles. The summed E-state index contributed by atoms with van der Waals surface area (Å²) in [6, 6.07) is 15.9. The van der Waals surface area contributed by atoms with E-state index in [9.17, 15) is 9.59 Å². The van der Waals surface area contributed by atoms with E-state index in [-0.39, 0.29) is 18.2 Å². The molecule has 156 valence electrons. The van der Waals surface area contributed by atoms with E-state index in [4.69, 9.17) is 0 Å². The Hall–Kier alpha value is -3.19. The summed E-state index contributed by atoms with van der Waals surface area (Å²) >= 11 is 0. The number of hydrogen-bond acceptors (Lipinski definition) is 4. The highest BCUT2D eigenvalue weighted by molar-refractivity contribution is 5.89. The van der Waals surface area contributed by atoms with Crippen LogP contribution in [0, 0.1) is 6.92 Å². The van der Waals surface area contributed by atoms with Crippen LogP contribution < -0.4 is 5.32 Å². The van der Waals surface area contributed by atoms with Gasteiger partial charge in [-0.2, -0.15) is 5.10 Å². The average molecular weight is 406 g/mol. The zero-order valence-electron chi connectivity index (χ0n) is 17.4. The molecule has 1 aliphatic heterocycles. The van der Waals surface area contributed by atoms with E-state index in [1.54, 1.807) is 11.9 Å². The van der Waals surface area contributed by atoms with Crippen LogP contribution in [0.4, 0.5) is 0 Å². The van der Waals surface area contributed by atoms with Gasteiger partial charge in [0.1, 0.15) is 0 Å². The molecule has 7 nitrogen and oxygen atoms in total. The molecule has 1 aliphatic rings. The molecule has 0 spiro atoms. The Morgan fingerprint density at radius 2 is 2.03 bits per heavy atom. The van der Waals surface area contributed by atoms with Gasteiger partial charge in [0.15, 0.2) is 0 Å². The van der Waals surface area contributed by atoms with E-state index >= 15 is 0 Å². The van der Waals surface area contributed by atoms with Crippen LogP contribution >= 0.6 is 0 Å². The fourth-order valence-corrected chi connectivity index (χ4v) is 4.03. The van der Waals surface area contributed by atoms with Crippen molar-refractivity contribution in [3.63, 3.8) is 0 Å². The molecule has 0 saturated carbocycles. The Morgan fingerprint density at radius 3 is 2.83 bits per heavy atom. The summed E-state index contributed by atoms with van der Waals surface area (Å²) < 4.78 is 0. The molecular weight excluding hydrogens is 378 g/mol. The molecule has 1 saturated heterocycles. The molecule has 0 radical (unpaired) electrons. The summed E-state index contributed by atoms with van der Waals surface area (Å²) in [6.07, 6.45) is 0.149. The first-order valence-corrected chi connectivity index (χ1v) is 10.2. The van der Waals surface area contributed by atoms with E-state index in [0.717, 1.165) is 17.9 Å². The van der Waals surface area contributed by atoms with Crippen LogP contribution in [-0.4, -0.2) is 58.0 Å². The molecule has 2 aromatic carbocycles. The number of benzene rings is 2. The first-order valence-electron chi connectivity index (χ1n) is 10.2. The van der Waals surface area contributed by atoms with Crippen molar-refractivity contribution in [2.45, 2.75) is 32.5 Å². The normalized spacial score (nSPS) is 17.1. The van der Waals surface area contributed by atoms with E-state index < -0.39 is 6.04 Å². The highest BCUT2D eigenvalue weighted by Gasteiger charge is 2.32. The number of piperazine rings is 1. The number of aromatic amines is 1. The summed E-state index contributed by atoms with van der Waals surface area (Å²) in [5, 5.41) is 12.4. The second kappa shape index (κ2) is 8.67. The minimum atomic E-state index is -0.478. The molecule has 2 heterocycles. The van der Waals surface area contributed by atoms with Crippen LogP contribution in [0.3, 0.4) is 0 Å². The highest BCUT2D eigenvalue weighted by atomic mass is 16.2. The molecule has 2 amide bonds. The Balaban J connectivity index is 1.48. The van der Waals surface area contributed by atoms with Gasteiger partial charge in [-0.15, -0.1) is 0 Å². The third-order valence-corrected chi connectivity index (χ3v) is 5.65. The lowest BCUT2D eigenvalue weighted by Gasteiger charge is -2.35. The summed E-state index contributed by atoms with van der Waals surface area (Å²) in [5.74, 6) is -0.153. The highest BCUT2D eigenvalue weighted by Crippen LogP contribution is 2.22. The maximum absolute atomic E-state index is 12.9. The summed E-state index contributed by atoms with van der Waals surface area (Å²) in [5.41, 5.74) is 2.93. The number of nitrogens with one attached hydrogen (secondary N) is 2. The fourth-order valence-electron chi connectivity index (χ4n) is 4.03. The van der Waals surface area contributed by atoms with Gasteiger partial charge in [0.05, 0.1) is 24.7 Å². The lowest BCUT2D eigenvalue weighted by atomic mass is 10.0. The molecule has 0 bridgehead atoms. The van der Waals surface area contributed by atoms with Crippen molar-refractivity contribution in [1.29, 1.82) is 0 Å². The Labute approximate surface area is 176 Å². The maximum atomic E-state index is 12.9. The number of rotatable bonds is 6. The second-order valence-corrected chi connectivity index (χ2v) is 7.91. The number of carbonyl (C=O) groups excluding carboxylic acids is 2. The zero-order valence-corrected chi connectivity index (χ0v) is 17.4. The van der Waals surface area contributed by atoms with Gasteiger partial charge >= 0.3 is 0 Å². The van der Waals surface area contributed by atoms with Gasteiger partial charge in [0.2, 0.25) is 11.8 Å². The quantitative estimate of drug-likeness (QED) is 0.659. The number of carbonyl (C=O) groups is 2.